The number of sulfonamides is 1. The van der Waals surface area contributed by atoms with Gasteiger partial charge in [-0.05, 0) is 32.0 Å². The predicted molar refractivity (Wildman–Crippen MR) is 81.0 cm³/mol. The number of aromatic nitrogens is 2. The van der Waals surface area contributed by atoms with Crippen LogP contribution in [0.4, 0.5) is 0 Å². The summed E-state index contributed by atoms with van der Waals surface area (Å²) in [5.74, 6) is 0. The molecule has 0 saturated carbocycles. The standard InChI is InChI=1S/C14H20N4O2S/c1-3-18-10-14(7-13(18)8-15)21(19,20)16-9-12-6-4-5-11(2)17-12/h4-7,10,16H,3,8-9,15H2,1-2H3. The van der Waals surface area contributed by atoms with Crippen LogP contribution in [-0.4, -0.2) is 18.0 Å². The zero-order chi connectivity index (χ0) is 15.5. The van der Waals surface area contributed by atoms with Crippen molar-refractivity contribution in [3.63, 3.8) is 0 Å². The van der Waals surface area contributed by atoms with E-state index in [1.807, 2.05) is 30.5 Å². The molecule has 114 valence electrons. The normalized spacial score (nSPS) is 11.8. The molecule has 3 N–H and O–H groups in total. The van der Waals surface area contributed by atoms with Crippen LogP contribution in [0.15, 0.2) is 35.4 Å². The van der Waals surface area contributed by atoms with Gasteiger partial charge in [0, 0.05) is 30.7 Å². The van der Waals surface area contributed by atoms with Crippen molar-refractivity contribution in [3.05, 3.63) is 47.5 Å². The van der Waals surface area contributed by atoms with Gasteiger partial charge in [-0.15, -0.1) is 0 Å². The first kappa shape index (κ1) is 15.7. The highest BCUT2D eigenvalue weighted by Crippen LogP contribution is 2.14. The van der Waals surface area contributed by atoms with Crippen molar-refractivity contribution >= 4 is 10.0 Å². The number of hydrogen-bond donors (Lipinski definition) is 2. The van der Waals surface area contributed by atoms with E-state index in [1.54, 1.807) is 18.3 Å². The summed E-state index contributed by atoms with van der Waals surface area (Å²) in [6.07, 6.45) is 1.61. The maximum atomic E-state index is 12.3. The Morgan fingerprint density at radius 1 is 1.38 bits per heavy atom. The lowest BCUT2D eigenvalue weighted by atomic mass is 10.3. The summed E-state index contributed by atoms with van der Waals surface area (Å²) < 4.78 is 29.0. The molecule has 0 aliphatic carbocycles. The molecule has 0 unspecified atom stereocenters. The molecule has 2 rings (SSSR count). The molecule has 0 aliphatic heterocycles. The molecule has 0 aromatic carbocycles. The Kier molecular flexibility index (Phi) is 4.76. The summed E-state index contributed by atoms with van der Waals surface area (Å²) >= 11 is 0. The van der Waals surface area contributed by atoms with Crippen LogP contribution in [0.5, 0.6) is 0 Å². The second-order valence-corrected chi connectivity index (χ2v) is 6.52. The molecule has 2 heterocycles. The van der Waals surface area contributed by atoms with Crippen LogP contribution in [0, 0.1) is 6.92 Å². The van der Waals surface area contributed by atoms with Crippen molar-refractivity contribution in [2.45, 2.75) is 38.4 Å². The molecule has 7 heteroatoms. The topological polar surface area (TPSA) is 90.0 Å². The SMILES string of the molecule is CCn1cc(S(=O)(=O)NCc2cccc(C)n2)cc1CN. The molecular weight excluding hydrogens is 288 g/mol. The Morgan fingerprint density at radius 3 is 2.71 bits per heavy atom. The van der Waals surface area contributed by atoms with Crippen LogP contribution < -0.4 is 10.5 Å². The Labute approximate surface area is 125 Å². The summed E-state index contributed by atoms with van der Waals surface area (Å²) in [5, 5.41) is 0. The second-order valence-electron chi connectivity index (χ2n) is 4.75. The molecule has 0 atom stereocenters. The third-order valence-electron chi connectivity index (χ3n) is 3.21. The number of nitrogens with one attached hydrogen (secondary N) is 1. The molecular formula is C14H20N4O2S. The van der Waals surface area contributed by atoms with E-state index in [2.05, 4.69) is 9.71 Å². The molecule has 0 bridgehead atoms. The van der Waals surface area contributed by atoms with E-state index in [1.165, 1.54) is 0 Å². The molecule has 0 fully saturated rings. The average molecular weight is 308 g/mol. The van der Waals surface area contributed by atoms with E-state index in [4.69, 9.17) is 5.73 Å². The molecule has 0 aliphatic rings. The van der Waals surface area contributed by atoms with Gasteiger partial charge in [-0.3, -0.25) is 4.98 Å². The van der Waals surface area contributed by atoms with E-state index >= 15 is 0 Å². The largest absolute Gasteiger partial charge is 0.349 e. The predicted octanol–water partition coefficient (Wildman–Crippen LogP) is 1.15. The highest BCUT2D eigenvalue weighted by Gasteiger charge is 2.17. The number of nitrogens with zero attached hydrogens (tertiary/aromatic N) is 2. The summed E-state index contributed by atoms with van der Waals surface area (Å²) in [7, 11) is -3.56. The van der Waals surface area contributed by atoms with Crippen LogP contribution >= 0.6 is 0 Å². The van der Waals surface area contributed by atoms with Crippen molar-refractivity contribution in [2.75, 3.05) is 0 Å². The maximum absolute atomic E-state index is 12.3. The van der Waals surface area contributed by atoms with Gasteiger partial charge < -0.3 is 10.3 Å². The monoisotopic (exact) mass is 308 g/mol. The number of rotatable bonds is 6. The smallest absolute Gasteiger partial charge is 0.242 e. The van der Waals surface area contributed by atoms with E-state index in [9.17, 15) is 8.42 Å². The van der Waals surface area contributed by atoms with Crippen molar-refractivity contribution < 1.29 is 8.42 Å². The van der Waals surface area contributed by atoms with Gasteiger partial charge in [-0.2, -0.15) is 0 Å². The molecule has 0 spiro atoms. The Hall–Kier alpha value is -1.70. The fraction of sp³-hybridized carbons (Fsp3) is 0.357. The third kappa shape index (κ3) is 3.69. The summed E-state index contributed by atoms with van der Waals surface area (Å²) in [4.78, 5) is 4.51. The van der Waals surface area contributed by atoms with Crippen LogP contribution in [0.2, 0.25) is 0 Å². The van der Waals surface area contributed by atoms with Gasteiger partial charge in [0.1, 0.15) is 0 Å². The first-order chi connectivity index (χ1) is 9.96. The van der Waals surface area contributed by atoms with E-state index in [0.717, 1.165) is 11.4 Å². The maximum Gasteiger partial charge on any atom is 0.242 e. The highest BCUT2D eigenvalue weighted by molar-refractivity contribution is 7.89. The van der Waals surface area contributed by atoms with Crippen molar-refractivity contribution in [1.29, 1.82) is 0 Å². The second kappa shape index (κ2) is 6.38. The lowest BCUT2D eigenvalue weighted by Gasteiger charge is -2.05. The Balaban J connectivity index is 2.16. The fourth-order valence-electron chi connectivity index (χ4n) is 2.09. The van der Waals surface area contributed by atoms with Crippen LogP contribution in [0.3, 0.4) is 0 Å². The molecule has 21 heavy (non-hydrogen) atoms. The molecule has 6 nitrogen and oxygen atoms in total. The number of hydrogen-bond acceptors (Lipinski definition) is 4. The van der Waals surface area contributed by atoms with Crippen molar-refractivity contribution in [3.8, 4) is 0 Å². The minimum Gasteiger partial charge on any atom is -0.349 e. The van der Waals surface area contributed by atoms with E-state index in [0.29, 0.717) is 18.8 Å². The van der Waals surface area contributed by atoms with Crippen LogP contribution in [0.25, 0.3) is 0 Å². The van der Waals surface area contributed by atoms with Gasteiger partial charge in [0.2, 0.25) is 10.0 Å². The van der Waals surface area contributed by atoms with Gasteiger partial charge >= 0.3 is 0 Å². The first-order valence-electron chi connectivity index (χ1n) is 6.77. The highest BCUT2D eigenvalue weighted by atomic mass is 32.2. The quantitative estimate of drug-likeness (QED) is 0.837. The molecule has 0 amide bonds. The molecule has 2 aromatic rings. The van der Waals surface area contributed by atoms with Crippen LogP contribution in [0.1, 0.15) is 24.0 Å². The number of aryl methyl sites for hydroxylation is 2. The van der Waals surface area contributed by atoms with E-state index in [-0.39, 0.29) is 11.4 Å². The average Bonchev–Trinajstić information content (AvgIpc) is 2.89. The fourth-order valence-corrected chi connectivity index (χ4v) is 3.15. The molecule has 0 radical (unpaired) electrons. The summed E-state index contributed by atoms with van der Waals surface area (Å²) in [5.41, 5.74) is 7.96. The zero-order valence-electron chi connectivity index (χ0n) is 12.2. The van der Waals surface area contributed by atoms with Gasteiger partial charge in [-0.1, -0.05) is 6.07 Å². The van der Waals surface area contributed by atoms with Gasteiger partial charge in [0.25, 0.3) is 0 Å². The number of nitrogens with two attached hydrogens (primary N) is 1. The zero-order valence-corrected chi connectivity index (χ0v) is 13.0. The van der Waals surface area contributed by atoms with Crippen molar-refractivity contribution in [2.24, 2.45) is 5.73 Å². The summed E-state index contributed by atoms with van der Waals surface area (Å²) in [6.45, 7) is 4.97. The van der Waals surface area contributed by atoms with Gasteiger partial charge in [0.15, 0.2) is 0 Å². The third-order valence-corrected chi connectivity index (χ3v) is 4.58. The Morgan fingerprint density at radius 2 is 2.14 bits per heavy atom. The molecule has 2 aromatic heterocycles. The minimum atomic E-state index is -3.56. The minimum absolute atomic E-state index is 0.166. The lowest BCUT2D eigenvalue weighted by Crippen LogP contribution is -2.23. The first-order valence-corrected chi connectivity index (χ1v) is 8.26. The lowest BCUT2D eigenvalue weighted by molar-refractivity contribution is 0.580. The van der Waals surface area contributed by atoms with E-state index < -0.39 is 10.0 Å². The van der Waals surface area contributed by atoms with Crippen LogP contribution in [-0.2, 0) is 29.7 Å². The van der Waals surface area contributed by atoms with Crippen molar-refractivity contribution in [1.82, 2.24) is 14.3 Å². The molecule has 0 saturated heterocycles. The number of pyridine rings is 1. The summed E-state index contributed by atoms with van der Waals surface area (Å²) in [6, 6.07) is 7.12. The Bertz CT molecular complexity index is 701. The van der Waals surface area contributed by atoms with Gasteiger partial charge in [0.05, 0.1) is 17.1 Å². The van der Waals surface area contributed by atoms with Gasteiger partial charge in [-0.25, -0.2) is 13.1 Å².